The van der Waals surface area contributed by atoms with Crippen LogP contribution in [0.4, 0.5) is 0 Å². The highest BCUT2D eigenvalue weighted by Gasteiger charge is 2.31. The van der Waals surface area contributed by atoms with Gasteiger partial charge in [-0.3, -0.25) is 4.79 Å². The lowest BCUT2D eigenvalue weighted by Gasteiger charge is -2.35. The second-order valence-corrected chi connectivity index (χ2v) is 5.98. The molecule has 0 spiro atoms. The number of hydrogen-bond acceptors (Lipinski definition) is 5. The van der Waals surface area contributed by atoms with Gasteiger partial charge < -0.3 is 10.0 Å². The number of fused-ring (bicyclic) bond motifs is 1. The molecule has 0 bridgehead atoms. The van der Waals surface area contributed by atoms with Crippen LogP contribution in [0.2, 0.25) is 0 Å². The number of aromatic nitrogens is 4. The highest BCUT2D eigenvalue weighted by molar-refractivity contribution is 5.91. The monoisotopic (exact) mass is 289 g/mol. The molecular weight excluding hydrogens is 270 g/mol. The van der Waals surface area contributed by atoms with Crippen molar-refractivity contribution in [1.29, 1.82) is 0 Å². The molecule has 2 aromatic rings. The Morgan fingerprint density at radius 3 is 2.62 bits per heavy atom. The van der Waals surface area contributed by atoms with E-state index in [9.17, 15) is 9.90 Å². The van der Waals surface area contributed by atoms with Gasteiger partial charge in [-0.05, 0) is 39.7 Å². The van der Waals surface area contributed by atoms with Crippen LogP contribution in [0.25, 0.3) is 5.78 Å². The van der Waals surface area contributed by atoms with Crippen molar-refractivity contribution in [1.82, 2.24) is 24.5 Å². The van der Waals surface area contributed by atoms with Crippen molar-refractivity contribution < 1.29 is 9.90 Å². The van der Waals surface area contributed by atoms with Gasteiger partial charge in [-0.15, -0.1) is 5.10 Å². The van der Waals surface area contributed by atoms with E-state index in [1.54, 1.807) is 16.3 Å². The molecule has 0 unspecified atom stereocenters. The summed E-state index contributed by atoms with van der Waals surface area (Å²) in [6.45, 7) is 6.63. The Labute approximate surface area is 122 Å². The van der Waals surface area contributed by atoms with Crippen molar-refractivity contribution >= 4 is 11.7 Å². The quantitative estimate of drug-likeness (QED) is 0.836. The first-order valence-electron chi connectivity index (χ1n) is 7.08. The Bertz CT molecular complexity index is 697. The standard InChI is InChI=1S/C14H19N5O2/c1-9-8-10(2)19-13(15-9)16-11(17-19)12(20)18-6-4-14(3,21)5-7-18/h8,21H,4-7H2,1-3H3. The molecule has 0 atom stereocenters. The number of piperidine rings is 1. The van der Waals surface area contributed by atoms with Gasteiger partial charge in [0.25, 0.3) is 11.7 Å². The summed E-state index contributed by atoms with van der Waals surface area (Å²) in [5.74, 6) is 0.408. The van der Waals surface area contributed by atoms with Crippen LogP contribution in [-0.4, -0.2) is 54.2 Å². The van der Waals surface area contributed by atoms with E-state index in [-0.39, 0.29) is 11.7 Å². The Kier molecular flexibility index (Phi) is 3.16. The van der Waals surface area contributed by atoms with Gasteiger partial charge in [0.2, 0.25) is 5.82 Å². The van der Waals surface area contributed by atoms with E-state index in [1.807, 2.05) is 19.9 Å². The molecule has 1 fully saturated rings. The minimum atomic E-state index is -0.682. The minimum absolute atomic E-state index is 0.165. The molecule has 0 aromatic carbocycles. The van der Waals surface area contributed by atoms with E-state index in [0.29, 0.717) is 31.7 Å². The summed E-state index contributed by atoms with van der Waals surface area (Å²) in [5.41, 5.74) is 1.06. The van der Waals surface area contributed by atoms with Crippen LogP contribution in [-0.2, 0) is 0 Å². The molecule has 3 rings (SSSR count). The van der Waals surface area contributed by atoms with Gasteiger partial charge in [-0.25, -0.2) is 9.50 Å². The lowest BCUT2D eigenvalue weighted by Crippen LogP contribution is -2.45. The zero-order valence-electron chi connectivity index (χ0n) is 12.5. The number of aryl methyl sites for hydroxylation is 2. The van der Waals surface area contributed by atoms with Crippen molar-refractivity contribution in [3.05, 3.63) is 23.3 Å². The number of carbonyl (C=O) groups is 1. The molecule has 1 amide bonds. The second kappa shape index (κ2) is 4.77. The molecule has 3 heterocycles. The predicted molar refractivity (Wildman–Crippen MR) is 76.0 cm³/mol. The third kappa shape index (κ3) is 2.61. The zero-order chi connectivity index (χ0) is 15.2. The maximum Gasteiger partial charge on any atom is 0.293 e. The first kappa shape index (κ1) is 13.9. The fourth-order valence-electron chi connectivity index (χ4n) is 2.59. The van der Waals surface area contributed by atoms with Gasteiger partial charge in [-0.1, -0.05) is 0 Å². The minimum Gasteiger partial charge on any atom is -0.390 e. The molecule has 112 valence electrons. The molecule has 0 saturated carbocycles. The van der Waals surface area contributed by atoms with Crippen LogP contribution in [0, 0.1) is 13.8 Å². The van der Waals surface area contributed by atoms with E-state index in [4.69, 9.17) is 0 Å². The van der Waals surface area contributed by atoms with Gasteiger partial charge in [0.15, 0.2) is 0 Å². The van der Waals surface area contributed by atoms with Crippen molar-refractivity contribution in [2.45, 2.75) is 39.2 Å². The van der Waals surface area contributed by atoms with Crippen LogP contribution < -0.4 is 0 Å². The fourth-order valence-corrected chi connectivity index (χ4v) is 2.59. The molecule has 1 N–H and O–H groups in total. The number of rotatable bonds is 1. The average Bonchev–Trinajstić information content (AvgIpc) is 2.82. The van der Waals surface area contributed by atoms with Gasteiger partial charge in [0.1, 0.15) is 0 Å². The maximum atomic E-state index is 12.5. The molecule has 2 aromatic heterocycles. The van der Waals surface area contributed by atoms with Gasteiger partial charge >= 0.3 is 0 Å². The Morgan fingerprint density at radius 2 is 1.95 bits per heavy atom. The lowest BCUT2D eigenvalue weighted by molar-refractivity contribution is -0.00236. The van der Waals surface area contributed by atoms with Gasteiger partial charge in [-0.2, -0.15) is 4.98 Å². The molecular formula is C14H19N5O2. The number of amides is 1. The number of nitrogens with zero attached hydrogens (tertiary/aromatic N) is 5. The molecule has 0 radical (unpaired) electrons. The second-order valence-electron chi connectivity index (χ2n) is 5.98. The number of aliphatic hydroxyl groups is 1. The first-order chi connectivity index (χ1) is 9.85. The average molecular weight is 289 g/mol. The van der Waals surface area contributed by atoms with E-state index < -0.39 is 5.60 Å². The summed E-state index contributed by atoms with van der Waals surface area (Å²) in [6.07, 6.45) is 1.14. The van der Waals surface area contributed by atoms with Crippen molar-refractivity contribution in [3.8, 4) is 0 Å². The lowest BCUT2D eigenvalue weighted by atomic mass is 9.94. The molecule has 1 aliphatic rings. The zero-order valence-corrected chi connectivity index (χ0v) is 12.5. The van der Waals surface area contributed by atoms with Crippen LogP contribution in [0.15, 0.2) is 6.07 Å². The van der Waals surface area contributed by atoms with Crippen molar-refractivity contribution in [2.24, 2.45) is 0 Å². The largest absolute Gasteiger partial charge is 0.390 e. The van der Waals surface area contributed by atoms with E-state index in [2.05, 4.69) is 15.1 Å². The Hall–Kier alpha value is -2.02. The third-order valence-corrected chi connectivity index (χ3v) is 3.94. The number of carbonyl (C=O) groups excluding carboxylic acids is 1. The molecule has 1 saturated heterocycles. The molecule has 7 heteroatoms. The highest BCUT2D eigenvalue weighted by atomic mass is 16.3. The predicted octanol–water partition coefficient (Wildman–Crippen LogP) is 0.728. The van der Waals surface area contributed by atoms with E-state index >= 15 is 0 Å². The van der Waals surface area contributed by atoms with E-state index in [0.717, 1.165) is 11.4 Å². The summed E-state index contributed by atoms with van der Waals surface area (Å²) in [7, 11) is 0. The van der Waals surface area contributed by atoms with Crippen LogP contribution in [0.1, 0.15) is 41.8 Å². The van der Waals surface area contributed by atoms with Crippen LogP contribution in [0.3, 0.4) is 0 Å². The Morgan fingerprint density at radius 1 is 1.29 bits per heavy atom. The summed E-state index contributed by atoms with van der Waals surface area (Å²) in [4.78, 5) is 22.7. The van der Waals surface area contributed by atoms with Crippen LogP contribution >= 0.6 is 0 Å². The maximum absolute atomic E-state index is 12.5. The third-order valence-electron chi connectivity index (χ3n) is 3.94. The summed E-state index contributed by atoms with van der Waals surface area (Å²) in [5, 5.41) is 14.2. The molecule has 7 nitrogen and oxygen atoms in total. The normalized spacial score (nSPS) is 18.2. The van der Waals surface area contributed by atoms with Gasteiger partial charge in [0.05, 0.1) is 5.60 Å². The summed E-state index contributed by atoms with van der Waals surface area (Å²) >= 11 is 0. The Balaban J connectivity index is 1.87. The highest BCUT2D eigenvalue weighted by Crippen LogP contribution is 2.22. The SMILES string of the molecule is Cc1cc(C)n2nc(C(=O)N3CCC(C)(O)CC3)nc2n1. The molecule has 1 aliphatic heterocycles. The molecule has 0 aliphatic carbocycles. The van der Waals surface area contributed by atoms with E-state index in [1.165, 1.54) is 0 Å². The first-order valence-corrected chi connectivity index (χ1v) is 7.08. The van der Waals surface area contributed by atoms with Gasteiger partial charge in [0, 0.05) is 24.5 Å². The fraction of sp³-hybridized carbons (Fsp3) is 0.571. The number of likely N-dealkylation sites (tertiary alicyclic amines) is 1. The summed E-state index contributed by atoms with van der Waals surface area (Å²) in [6, 6.07) is 1.90. The smallest absolute Gasteiger partial charge is 0.293 e. The number of hydrogen-bond donors (Lipinski definition) is 1. The summed E-state index contributed by atoms with van der Waals surface area (Å²) < 4.78 is 1.58. The van der Waals surface area contributed by atoms with Crippen LogP contribution in [0.5, 0.6) is 0 Å². The van der Waals surface area contributed by atoms with Crippen molar-refractivity contribution in [3.63, 3.8) is 0 Å². The topological polar surface area (TPSA) is 83.6 Å². The van der Waals surface area contributed by atoms with Crippen molar-refractivity contribution in [2.75, 3.05) is 13.1 Å². The molecule has 21 heavy (non-hydrogen) atoms.